The zero-order chi connectivity index (χ0) is 16.2. The van der Waals surface area contributed by atoms with Crippen LogP contribution in [0.2, 0.25) is 0 Å². The van der Waals surface area contributed by atoms with Crippen molar-refractivity contribution in [3.8, 4) is 5.69 Å². The Hall–Kier alpha value is -2.07. The second-order valence-corrected chi connectivity index (χ2v) is 6.10. The Balaban J connectivity index is 1.80. The van der Waals surface area contributed by atoms with Crippen LogP contribution < -0.4 is 5.32 Å². The van der Waals surface area contributed by atoms with Gasteiger partial charge in [0.1, 0.15) is 0 Å². The van der Waals surface area contributed by atoms with Gasteiger partial charge in [-0.05, 0) is 68.5 Å². The first-order chi connectivity index (χ1) is 11.2. The number of fused-ring (bicyclic) bond motifs is 1. The number of nitrogens with zero attached hydrogens (tertiary/aromatic N) is 1. The Morgan fingerprint density at radius 3 is 2.70 bits per heavy atom. The Bertz CT molecular complexity index is 686. The topological polar surface area (TPSA) is 43.3 Å². The van der Waals surface area contributed by atoms with E-state index in [1.807, 2.05) is 24.3 Å². The quantitative estimate of drug-likeness (QED) is 0.862. The van der Waals surface area contributed by atoms with Gasteiger partial charge >= 0.3 is 0 Å². The first kappa shape index (κ1) is 15.8. The zero-order valence-corrected chi connectivity index (χ0v) is 13.9. The largest absolute Gasteiger partial charge is 0.383 e. The number of amides is 1. The second kappa shape index (κ2) is 7.01. The van der Waals surface area contributed by atoms with Crippen LogP contribution in [0.25, 0.3) is 5.69 Å². The molecule has 1 amide bonds. The molecule has 1 aliphatic carbocycles. The van der Waals surface area contributed by atoms with E-state index in [0.717, 1.165) is 12.1 Å². The molecule has 1 aromatic heterocycles. The predicted molar refractivity (Wildman–Crippen MR) is 91.4 cm³/mol. The fourth-order valence-electron chi connectivity index (χ4n) is 3.34. The van der Waals surface area contributed by atoms with Crippen LogP contribution in [-0.4, -0.2) is 30.7 Å². The molecule has 0 fully saturated rings. The Kier molecular flexibility index (Phi) is 4.82. The van der Waals surface area contributed by atoms with E-state index in [2.05, 4.69) is 22.9 Å². The summed E-state index contributed by atoms with van der Waals surface area (Å²) in [6.45, 7) is 3.21. The van der Waals surface area contributed by atoms with Gasteiger partial charge in [0.25, 0.3) is 5.91 Å². The van der Waals surface area contributed by atoms with E-state index < -0.39 is 0 Å². The van der Waals surface area contributed by atoms with Gasteiger partial charge < -0.3 is 14.6 Å². The molecular formula is C19H24N2O2. The molecular weight excluding hydrogens is 288 g/mol. The summed E-state index contributed by atoms with van der Waals surface area (Å²) >= 11 is 0. The first-order valence-corrected chi connectivity index (χ1v) is 8.28. The van der Waals surface area contributed by atoms with Crippen molar-refractivity contribution >= 4 is 5.91 Å². The maximum atomic E-state index is 12.0. The lowest BCUT2D eigenvalue weighted by molar-refractivity contribution is 0.0937. The van der Waals surface area contributed by atoms with E-state index in [-0.39, 0.29) is 5.91 Å². The molecule has 122 valence electrons. The fraction of sp³-hybridized carbons (Fsp3) is 0.421. The fourth-order valence-corrected chi connectivity index (χ4v) is 3.34. The van der Waals surface area contributed by atoms with Gasteiger partial charge in [0.15, 0.2) is 0 Å². The van der Waals surface area contributed by atoms with Crippen LogP contribution >= 0.6 is 0 Å². The minimum Gasteiger partial charge on any atom is -0.383 e. The molecule has 4 nitrogen and oxygen atoms in total. The Labute approximate surface area is 137 Å². The number of hydrogen-bond acceptors (Lipinski definition) is 2. The van der Waals surface area contributed by atoms with Crippen LogP contribution in [0.3, 0.4) is 0 Å². The number of hydrogen-bond donors (Lipinski definition) is 1. The molecule has 0 aliphatic heterocycles. The highest BCUT2D eigenvalue weighted by molar-refractivity contribution is 5.94. The standard InChI is InChI=1S/C19H24N2O2/c1-14-13-16-5-3-4-6-18(16)21(14)17-9-7-15(8-10-17)19(22)20-11-12-23-2/h7-10,13H,3-6,11-12H2,1-2H3,(H,20,22). The third-order valence-electron chi connectivity index (χ3n) is 4.47. The Morgan fingerprint density at radius 1 is 1.22 bits per heavy atom. The molecule has 0 spiro atoms. The smallest absolute Gasteiger partial charge is 0.251 e. The SMILES string of the molecule is COCCNC(=O)c1ccc(-n2c(C)cc3c2CCCC3)cc1. The molecule has 3 rings (SSSR count). The number of rotatable bonds is 5. The average Bonchev–Trinajstić information content (AvgIpc) is 2.91. The van der Waals surface area contributed by atoms with E-state index in [1.54, 1.807) is 7.11 Å². The monoisotopic (exact) mass is 312 g/mol. The summed E-state index contributed by atoms with van der Waals surface area (Å²) in [5.41, 5.74) is 6.01. The minimum absolute atomic E-state index is 0.0557. The van der Waals surface area contributed by atoms with Gasteiger partial charge in [0.2, 0.25) is 0 Å². The number of carbonyl (C=O) groups is 1. The van der Waals surface area contributed by atoms with Gasteiger partial charge in [0.05, 0.1) is 6.61 Å². The van der Waals surface area contributed by atoms with Crippen LogP contribution in [0.5, 0.6) is 0 Å². The summed E-state index contributed by atoms with van der Waals surface area (Å²) in [6.07, 6.45) is 4.87. The molecule has 0 radical (unpaired) electrons. The number of ether oxygens (including phenoxy) is 1. The van der Waals surface area contributed by atoms with E-state index in [4.69, 9.17) is 4.74 Å². The predicted octanol–water partition coefficient (Wildman–Crippen LogP) is 3.04. The van der Waals surface area contributed by atoms with E-state index in [9.17, 15) is 4.79 Å². The lowest BCUT2D eigenvalue weighted by atomic mass is 9.98. The Morgan fingerprint density at radius 2 is 1.96 bits per heavy atom. The molecule has 1 aromatic carbocycles. The maximum Gasteiger partial charge on any atom is 0.251 e. The molecule has 0 saturated heterocycles. The summed E-state index contributed by atoms with van der Waals surface area (Å²) in [4.78, 5) is 12.0. The first-order valence-electron chi connectivity index (χ1n) is 8.28. The normalized spacial score (nSPS) is 13.7. The molecule has 1 aliphatic rings. The molecule has 23 heavy (non-hydrogen) atoms. The van der Waals surface area contributed by atoms with Crippen molar-refractivity contribution in [3.63, 3.8) is 0 Å². The van der Waals surface area contributed by atoms with Gasteiger partial charge in [-0.25, -0.2) is 0 Å². The summed E-state index contributed by atoms with van der Waals surface area (Å²) in [7, 11) is 1.63. The number of aromatic nitrogens is 1. The van der Waals surface area contributed by atoms with Gasteiger partial charge in [0, 0.05) is 36.3 Å². The van der Waals surface area contributed by atoms with E-state index in [0.29, 0.717) is 18.7 Å². The van der Waals surface area contributed by atoms with Gasteiger partial charge in [-0.2, -0.15) is 0 Å². The van der Waals surface area contributed by atoms with Crippen molar-refractivity contribution in [2.75, 3.05) is 20.3 Å². The lowest BCUT2D eigenvalue weighted by Gasteiger charge is -2.17. The van der Waals surface area contributed by atoms with E-state index >= 15 is 0 Å². The molecule has 1 N–H and O–H groups in total. The van der Waals surface area contributed by atoms with Crippen molar-refractivity contribution in [1.82, 2.24) is 9.88 Å². The second-order valence-electron chi connectivity index (χ2n) is 6.10. The lowest BCUT2D eigenvalue weighted by Crippen LogP contribution is -2.26. The van der Waals surface area contributed by atoms with Crippen LogP contribution in [0.4, 0.5) is 0 Å². The highest BCUT2D eigenvalue weighted by atomic mass is 16.5. The molecule has 0 atom stereocenters. The van der Waals surface area contributed by atoms with Crippen molar-refractivity contribution in [3.05, 3.63) is 52.8 Å². The molecule has 2 aromatic rings. The highest BCUT2D eigenvalue weighted by Crippen LogP contribution is 2.28. The minimum atomic E-state index is -0.0557. The molecule has 1 heterocycles. The van der Waals surface area contributed by atoms with Crippen LogP contribution in [-0.2, 0) is 17.6 Å². The van der Waals surface area contributed by atoms with Crippen LogP contribution in [0, 0.1) is 6.92 Å². The third kappa shape index (κ3) is 3.32. The maximum absolute atomic E-state index is 12.0. The number of nitrogens with one attached hydrogen (secondary N) is 1. The van der Waals surface area contributed by atoms with Gasteiger partial charge in [-0.3, -0.25) is 4.79 Å². The summed E-state index contributed by atoms with van der Waals surface area (Å²) in [6, 6.07) is 10.2. The number of benzene rings is 1. The van der Waals surface area contributed by atoms with Crippen molar-refractivity contribution in [2.24, 2.45) is 0 Å². The highest BCUT2D eigenvalue weighted by Gasteiger charge is 2.17. The molecule has 0 bridgehead atoms. The van der Waals surface area contributed by atoms with Crippen molar-refractivity contribution < 1.29 is 9.53 Å². The number of methoxy groups -OCH3 is 1. The average molecular weight is 312 g/mol. The summed E-state index contributed by atoms with van der Waals surface area (Å²) in [5, 5.41) is 2.84. The molecule has 0 unspecified atom stereocenters. The number of aryl methyl sites for hydroxylation is 2. The summed E-state index contributed by atoms with van der Waals surface area (Å²) in [5.74, 6) is -0.0557. The summed E-state index contributed by atoms with van der Waals surface area (Å²) < 4.78 is 7.28. The van der Waals surface area contributed by atoms with Crippen LogP contribution in [0.15, 0.2) is 30.3 Å². The van der Waals surface area contributed by atoms with Crippen LogP contribution in [0.1, 0.15) is 40.2 Å². The molecule has 0 saturated carbocycles. The molecule has 4 heteroatoms. The zero-order valence-electron chi connectivity index (χ0n) is 13.9. The van der Waals surface area contributed by atoms with E-state index in [1.165, 1.54) is 36.2 Å². The third-order valence-corrected chi connectivity index (χ3v) is 4.47. The number of carbonyl (C=O) groups excluding carboxylic acids is 1. The van der Waals surface area contributed by atoms with Crippen molar-refractivity contribution in [1.29, 1.82) is 0 Å². The van der Waals surface area contributed by atoms with Gasteiger partial charge in [-0.15, -0.1) is 0 Å². The van der Waals surface area contributed by atoms with Crippen molar-refractivity contribution in [2.45, 2.75) is 32.6 Å². The van der Waals surface area contributed by atoms with Gasteiger partial charge in [-0.1, -0.05) is 0 Å².